The summed E-state index contributed by atoms with van der Waals surface area (Å²) in [4.78, 5) is 11.2. The van der Waals surface area contributed by atoms with Gasteiger partial charge in [0.2, 0.25) is 0 Å². The van der Waals surface area contributed by atoms with Gasteiger partial charge in [0.05, 0.1) is 37.4 Å². The van der Waals surface area contributed by atoms with Crippen LogP contribution in [0.3, 0.4) is 0 Å². The van der Waals surface area contributed by atoms with Gasteiger partial charge in [-0.25, -0.2) is 0 Å². The van der Waals surface area contributed by atoms with E-state index >= 15 is 0 Å². The molecule has 0 aliphatic carbocycles. The SMILES string of the molecule is COc1ccc(CCN[C@H](c2ccccc2)[C@H]2CNc3cccc(C#N)c3O2)cc1CC(=O)O. The number of fused-ring (bicyclic) bond motifs is 1. The zero-order valence-electron chi connectivity index (χ0n) is 19.0. The van der Waals surface area contributed by atoms with Crippen molar-refractivity contribution in [3.8, 4) is 17.6 Å². The monoisotopic (exact) mass is 457 g/mol. The van der Waals surface area contributed by atoms with Crippen LogP contribution >= 0.6 is 0 Å². The topological polar surface area (TPSA) is 104 Å². The molecule has 0 saturated carbocycles. The van der Waals surface area contributed by atoms with Gasteiger partial charge >= 0.3 is 5.97 Å². The summed E-state index contributed by atoms with van der Waals surface area (Å²) in [5.74, 6) is 0.268. The Morgan fingerprint density at radius 3 is 2.79 bits per heavy atom. The number of methoxy groups -OCH3 is 1. The number of nitrogens with zero attached hydrogens (tertiary/aromatic N) is 1. The van der Waals surface area contributed by atoms with E-state index in [1.807, 2.05) is 48.5 Å². The molecular weight excluding hydrogens is 430 g/mol. The number of nitriles is 1. The van der Waals surface area contributed by atoms with Crippen molar-refractivity contribution in [2.45, 2.75) is 25.0 Å². The van der Waals surface area contributed by atoms with Gasteiger partial charge in [-0.05, 0) is 42.3 Å². The maximum atomic E-state index is 11.2. The second-order valence-electron chi connectivity index (χ2n) is 8.14. The highest BCUT2D eigenvalue weighted by Gasteiger charge is 2.30. The predicted molar refractivity (Wildman–Crippen MR) is 129 cm³/mol. The molecule has 174 valence electrons. The van der Waals surface area contributed by atoms with E-state index in [0.717, 1.165) is 16.8 Å². The number of aliphatic carboxylic acids is 1. The van der Waals surface area contributed by atoms with Crippen molar-refractivity contribution in [3.63, 3.8) is 0 Å². The highest BCUT2D eigenvalue weighted by molar-refractivity contribution is 5.71. The maximum absolute atomic E-state index is 11.2. The zero-order chi connectivity index (χ0) is 23.9. The number of carboxylic acids is 1. The van der Waals surface area contributed by atoms with E-state index in [-0.39, 0.29) is 18.6 Å². The molecule has 0 fully saturated rings. The fourth-order valence-electron chi connectivity index (χ4n) is 4.27. The first-order chi connectivity index (χ1) is 16.6. The molecule has 0 radical (unpaired) electrons. The number of hydrogen-bond acceptors (Lipinski definition) is 6. The number of carbonyl (C=O) groups is 1. The van der Waals surface area contributed by atoms with Crippen molar-refractivity contribution in [2.75, 3.05) is 25.5 Å². The molecule has 34 heavy (non-hydrogen) atoms. The van der Waals surface area contributed by atoms with Gasteiger partial charge in [0.1, 0.15) is 17.9 Å². The molecule has 0 aromatic heterocycles. The van der Waals surface area contributed by atoms with E-state index in [2.05, 4.69) is 28.8 Å². The van der Waals surface area contributed by atoms with Crippen molar-refractivity contribution < 1.29 is 19.4 Å². The molecule has 3 aromatic rings. The first-order valence-electron chi connectivity index (χ1n) is 11.2. The molecule has 4 rings (SSSR count). The fraction of sp³-hybridized carbons (Fsp3) is 0.259. The summed E-state index contributed by atoms with van der Waals surface area (Å²) in [5.41, 5.74) is 4.11. The number of hydrogen-bond donors (Lipinski definition) is 3. The minimum Gasteiger partial charge on any atom is -0.496 e. The molecule has 0 unspecified atom stereocenters. The van der Waals surface area contributed by atoms with Crippen LogP contribution in [-0.2, 0) is 17.6 Å². The first kappa shape index (κ1) is 23.1. The van der Waals surface area contributed by atoms with Crippen molar-refractivity contribution in [1.29, 1.82) is 5.26 Å². The second kappa shape index (κ2) is 10.7. The van der Waals surface area contributed by atoms with Gasteiger partial charge in [0.25, 0.3) is 0 Å². The third-order valence-electron chi connectivity index (χ3n) is 5.89. The number of para-hydroxylation sites is 1. The van der Waals surface area contributed by atoms with Crippen molar-refractivity contribution in [1.82, 2.24) is 5.32 Å². The van der Waals surface area contributed by atoms with Crippen molar-refractivity contribution in [3.05, 3.63) is 89.0 Å². The minimum atomic E-state index is -0.892. The molecule has 0 amide bonds. The maximum Gasteiger partial charge on any atom is 0.307 e. The fourth-order valence-corrected chi connectivity index (χ4v) is 4.27. The lowest BCUT2D eigenvalue weighted by Gasteiger charge is -2.34. The van der Waals surface area contributed by atoms with E-state index in [4.69, 9.17) is 9.47 Å². The van der Waals surface area contributed by atoms with Crippen LogP contribution in [0.1, 0.15) is 28.3 Å². The Morgan fingerprint density at radius 1 is 1.24 bits per heavy atom. The van der Waals surface area contributed by atoms with Gasteiger partial charge in [-0.2, -0.15) is 5.26 Å². The lowest BCUT2D eigenvalue weighted by atomic mass is 9.98. The lowest BCUT2D eigenvalue weighted by molar-refractivity contribution is -0.136. The van der Waals surface area contributed by atoms with Crippen LogP contribution in [-0.4, -0.2) is 37.4 Å². The molecule has 0 spiro atoms. The molecule has 3 aromatic carbocycles. The average Bonchev–Trinajstić information content (AvgIpc) is 2.86. The van der Waals surface area contributed by atoms with E-state index < -0.39 is 5.97 Å². The largest absolute Gasteiger partial charge is 0.496 e. The number of carboxylic acid groups (broad SMARTS) is 1. The summed E-state index contributed by atoms with van der Waals surface area (Å²) in [6.07, 6.45) is 0.405. The second-order valence-corrected chi connectivity index (χ2v) is 8.14. The van der Waals surface area contributed by atoms with Gasteiger partial charge in [0, 0.05) is 5.56 Å². The van der Waals surface area contributed by atoms with Crippen molar-refractivity contribution >= 4 is 11.7 Å². The molecule has 1 heterocycles. The third kappa shape index (κ3) is 5.30. The van der Waals surface area contributed by atoms with Gasteiger partial charge in [-0.15, -0.1) is 0 Å². The van der Waals surface area contributed by atoms with Crippen LogP contribution in [0.25, 0.3) is 0 Å². The van der Waals surface area contributed by atoms with Gasteiger partial charge < -0.3 is 25.2 Å². The predicted octanol–water partition coefficient (Wildman–Crippen LogP) is 3.94. The lowest BCUT2D eigenvalue weighted by Crippen LogP contribution is -2.43. The molecule has 1 aliphatic heterocycles. The molecule has 3 N–H and O–H groups in total. The summed E-state index contributed by atoms with van der Waals surface area (Å²) in [6, 6.07) is 23.4. The van der Waals surface area contributed by atoms with Crippen LogP contribution in [0.2, 0.25) is 0 Å². The summed E-state index contributed by atoms with van der Waals surface area (Å²) in [6.45, 7) is 1.25. The number of benzene rings is 3. The molecule has 7 nitrogen and oxygen atoms in total. The summed E-state index contributed by atoms with van der Waals surface area (Å²) in [5, 5.41) is 25.7. The Kier molecular flexibility index (Phi) is 7.31. The highest BCUT2D eigenvalue weighted by Crippen LogP contribution is 2.35. The Labute approximate surface area is 198 Å². The molecule has 0 bridgehead atoms. The van der Waals surface area contributed by atoms with Crippen LogP contribution in [0, 0.1) is 11.3 Å². The van der Waals surface area contributed by atoms with E-state index in [1.54, 1.807) is 13.2 Å². The summed E-state index contributed by atoms with van der Waals surface area (Å²) < 4.78 is 11.6. The Bertz CT molecular complexity index is 1190. The third-order valence-corrected chi connectivity index (χ3v) is 5.89. The molecule has 7 heteroatoms. The van der Waals surface area contributed by atoms with E-state index in [0.29, 0.717) is 42.1 Å². The highest BCUT2D eigenvalue weighted by atomic mass is 16.5. The minimum absolute atomic E-state index is 0.0840. The number of ether oxygens (including phenoxy) is 2. The molecule has 2 atom stereocenters. The number of nitrogens with one attached hydrogen (secondary N) is 2. The summed E-state index contributed by atoms with van der Waals surface area (Å²) in [7, 11) is 1.54. The van der Waals surface area contributed by atoms with E-state index in [1.165, 1.54) is 0 Å². The number of rotatable bonds is 9. The van der Waals surface area contributed by atoms with Crippen LogP contribution in [0.4, 0.5) is 5.69 Å². The molecule has 0 saturated heterocycles. The quantitative estimate of drug-likeness (QED) is 0.447. The van der Waals surface area contributed by atoms with Gasteiger partial charge in [0.15, 0.2) is 5.75 Å². The average molecular weight is 458 g/mol. The molecular formula is C27H27N3O4. The summed E-state index contributed by atoms with van der Waals surface area (Å²) >= 11 is 0. The number of anilines is 1. The smallest absolute Gasteiger partial charge is 0.307 e. The van der Waals surface area contributed by atoms with Crippen LogP contribution in [0.5, 0.6) is 11.5 Å². The van der Waals surface area contributed by atoms with Gasteiger partial charge in [-0.1, -0.05) is 48.5 Å². The van der Waals surface area contributed by atoms with Crippen LogP contribution < -0.4 is 20.1 Å². The molecule has 1 aliphatic rings. The zero-order valence-corrected chi connectivity index (χ0v) is 19.0. The first-order valence-corrected chi connectivity index (χ1v) is 11.2. The van der Waals surface area contributed by atoms with Crippen molar-refractivity contribution in [2.24, 2.45) is 0 Å². The Hall–Kier alpha value is -4.02. The Morgan fingerprint density at radius 2 is 2.06 bits per heavy atom. The Balaban J connectivity index is 1.50. The van der Waals surface area contributed by atoms with E-state index in [9.17, 15) is 15.2 Å². The standard InChI is InChI=1S/C27H27N3O4/c1-33-23-11-10-18(14-21(23)15-25(31)32)12-13-29-26(19-6-3-2-4-7-19)24-17-30-22-9-5-8-20(16-28)27(22)34-24/h2-11,14,24,26,29-30H,12-13,15,17H2,1H3,(H,31,32)/t24-,26-/m1/s1. The van der Waals surface area contributed by atoms with Crippen LogP contribution in [0.15, 0.2) is 66.7 Å². The normalized spacial score (nSPS) is 15.2. The van der Waals surface area contributed by atoms with Gasteiger partial charge in [-0.3, -0.25) is 4.79 Å².